The SMILES string of the molecule is Cc1cc(Cl)ccc1NC(=O)c1ccc(S(=O)(=O)NCCC(C)C)cc1. The molecule has 0 spiro atoms. The van der Waals surface area contributed by atoms with Crippen molar-refractivity contribution in [3.63, 3.8) is 0 Å². The standard InChI is InChI=1S/C19H23ClN2O3S/c1-13(2)10-11-21-26(24,25)17-7-4-15(5-8-17)19(23)22-18-9-6-16(20)12-14(18)3/h4-9,12-13,21H,10-11H2,1-3H3,(H,22,23). The first-order valence-corrected chi connectivity index (χ1v) is 10.2. The number of carbonyl (C=O) groups is 1. The van der Waals surface area contributed by atoms with Gasteiger partial charge in [0.2, 0.25) is 10.0 Å². The van der Waals surface area contributed by atoms with E-state index in [1.165, 1.54) is 24.3 Å². The predicted octanol–water partition coefficient (Wildman–Crippen LogP) is 4.23. The van der Waals surface area contributed by atoms with Gasteiger partial charge in [-0.2, -0.15) is 0 Å². The maximum Gasteiger partial charge on any atom is 0.255 e. The molecule has 0 aromatic heterocycles. The van der Waals surface area contributed by atoms with Crippen molar-refractivity contribution in [2.24, 2.45) is 5.92 Å². The number of benzene rings is 2. The monoisotopic (exact) mass is 394 g/mol. The Kier molecular flexibility index (Phi) is 6.81. The number of carbonyl (C=O) groups excluding carboxylic acids is 1. The summed E-state index contributed by atoms with van der Waals surface area (Å²) in [5.41, 5.74) is 1.88. The van der Waals surface area contributed by atoms with E-state index < -0.39 is 10.0 Å². The van der Waals surface area contributed by atoms with Gasteiger partial charge in [-0.1, -0.05) is 25.4 Å². The number of hydrogen-bond acceptors (Lipinski definition) is 3. The molecule has 0 atom stereocenters. The maximum atomic E-state index is 12.4. The number of halogens is 1. The lowest BCUT2D eigenvalue weighted by atomic mass is 10.1. The lowest BCUT2D eigenvalue weighted by Gasteiger charge is -2.10. The topological polar surface area (TPSA) is 75.3 Å². The number of hydrogen-bond donors (Lipinski definition) is 2. The van der Waals surface area contributed by atoms with E-state index in [9.17, 15) is 13.2 Å². The minimum Gasteiger partial charge on any atom is -0.322 e. The van der Waals surface area contributed by atoms with Crippen LogP contribution in [-0.2, 0) is 10.0 Å². The fourth-order valence-electron chi connectivity index (χ4n) is 2.31. The normalized spacial score (nSPS) is 11.6. The fraction of sp³-hybridized carbons (Fsp3) is 0.316. The molecule has 2 aromatic rings. The molecule has 0 saturated heterocycles. The van der Waals surface area contributed by atoms with Gasteiger partial charge in [-0.05, 0) is 67.3 Å². The summed E-state index contributed by atoms with van der Waals surface area (Å²) in [5, 5.41) is 3.39. The Hall–Kier alpha value is -1.89. The highest BCUT2D eigenvalue weighted by Gasteiger charge is 2.15. The van der Waals surface area contributed by atoms with Crippen LogP contribution in [0.1, 0.15) is 36.2 Å². The van der Waals surface area contributed by atoms with Crippen LogP contribution in [0, 0.1) is 12.8 Å². The zero-order valence-corrected chi connectivity index (χ0v) is 16.6. The number of anilines is 1. The van der Waals surface area contributed by atoms with E-state index in [1.54, 1.807) is 18.2 Å². The average Bonchev–Trinajstić information content (AvgIpc) is 2.57. The van der Waals surface area contributed by atoms with Gasteiger partial charge in [0.25, 0.3) is 5.91 Å². The van der Waals surface area contributed by atoms with Crippen LogP contribution in [0.5, 0.6) is 0 Å². The van der Waals surface area contributed by atoms with Crippen LogP contribution >= 0.6 is 11.6 Å². The molecule has 0 saturated carbocycles. The van der Waals surface area contributed by atoms with Gasteiger partial charge in [0, 0.05) is 22.8 Å². The van der Waals surface area contributed by atoms with Crippen LogP contribution in [0.25, 0.3) is 0 Å². The molecule has 1 amide bonds. The number of sulfonamides is 1. The number of amides is 1. The summed E-state index contributed by atoms with van der Waals surface area (Å²) in [7, 11) is -3.57. The molecule has 0 heterocycles. The first-order chi connectivity index (χ1) is 12.2. The summed E-state index contributed by atoms with van der Waals surface area (Å²) in [6, 6.07) is 11.0. The molecule has 0 fully saturated rings. The highest BCUT2D eigenvalue weighted by Crippen LogP contribution is 2.20. The Morgan fingerprint density at radius 3 is 2.35 bits per heavy atom. The van der Waals surface area contributed by atoms with E-state index in [2.05, 4.69) is 10.0 Å². The van der Waals surface area contributed by atoms with E-state index in [1.807, 2.05) is 20.8 Å². The van der Waals surface area contributed by atoms with Crippen molar-refractivity contribution in [2.45, 2.75) is 32.1 Å². The molecule has 5 nitrogen and oxygen atoms in total. The van der Waals surface area contributed by atoms with Gasteiger partial charge >= 0.3 is 0 Å². The third kappa shape index (κ3) is 5.56. The van der Waals surface area contributed by atoms with E-state index >= 15 is 0 Å². The number of rotatable bonds is 7. The van der Waals surface area contributed by atoms with Crippen LogP contribution in [0.15, 0.2) is 47.4 Å². The summed E-state index contributed by atoms with van der Waals surface area (Å²) >= 11 is 5.91. The molecule has 2 N–H and O–H groups in total. The van der Waals surface area contributed by atoms with Crippen LogP contribution in [0.2, 0.25) is 5.02 Å². The lowest BCUT2D eigenvalue weighted by molar-refractivity contribution is 0.102. The highest BCUT2D eigenvalue weighted by molar-refractivity contribution is 7.89. The first-order valence-electron chi connectivity index (χ1n) is 8.36. The van der Waals surface area contributed by atoms with E-state index in [-0.39, 0.29) is 10.8 Å². The van der Waals surface area contributed by atoms with Crippen molar-refractivity contribution in [3.05, 3.63) is 58.6 Å². The van der Waals surface area contributed by atoms with Gasteiger partial charge in [0.15, 0.2) is 0 Å². The van der Waals surface area contributed by atoms with E-state index in [0.29, 0.717) is 28.7 Å². The van der Waals surface area contributed by atoms with Crippen LogP contribution in [0.3, 0.4) is 0 Å². The van der Waals surface area contributed by atoms with Crippen molar-refractivity contribution in [1.82, 2.24) is 4.72 Å². The van der Waals surface area contributed by atoms with Gasteiger partial charge < -0.3 is 5.32 Å². The van der Waals surface area contributed by atoms with Crippen molar-refractivity contribution in [1.29, 1.82) is 0 Å². The summed E-state index contributed by atoms with van der Waals surface area (Å²) < 4.78 is 27.0. The second-order valence-electron chi connectivity index (χ2n) is 6.52. The Labute approximate surface area is 159 Å². The zero-order chi connectivity index (χ0) is 19.3. The largest absolute Gasteiger partial charge is 0.322 e. The zero-order valence-electron chi connectivity index (χ0n) is 15.0. The molecule has 140 valence electrons. The van der Waals surface area contributed by atoms with Gasteiger partial charge in [0.1, 0.15) is 0 Å². The second-order valence-corrected chi connectivity index (χ2v) is 8.72. The molecule has 0 aliphatic rings. The van der Waals surface area contributed by atoms with E-state index in [0.717, 1.165) is 12.0 Å². The first kappa shape index (κ1) is 20.4. The molecule has 26 heavy (non-hydrogen) atoms. The molecular weight excluding hydrogens is 372 g/mol. The van der Waals surface area contributed by atoms with Crippen LogP contribution in [0.4, 0.5) is 5.69 Å². The van der Waals surface area contributed by atoms with E-state index in [4.69, 9.17) is 11.6 Å². The van der Waals surface area contributed by atoms with Crippen molar-refractivity contribution >= 4 is 33.2 Å². The predicted molar refractivity (Wildman–Crippen MR) is 105 cm³/mol. The smallest absolute Gasteiger partial charge is 0.255 e. The lowest BCUT2D eigenvalue weighted by Crippen LogP contribution is -2.25. The van der Waals surface area contributed by atoms with Crippen LogP contribution in [-0.4, -0.2) is 20.9 Å². The molecule has 0 bridgehead atoms. The van der Waals surface area contributed by atoms with Gasteiger partial charge in [-0.25, -0.2) is 13.1 Å². The summed E-state index contributed by atoms with van der Waals surface area (Å²) in [6.07, 6.45) is 0.764. The Balaban J connectivity index is 2.07. The van der Waals surface area contributed by atoms with Gasteiger partial charge in [0.05, 0.1) is 4.90 Å². The molecular formula is C19H23ClN2O3S. The molecule has 2 aromatic carbocycles. The molecule has 0 aliphatic carbocycles. The van der Waals surface area contributed by atoms with Gasteiger partial charge in [-0.3, -0.25) is 4.79 Å². The summed E-state index contributed by atoms with van der Waals surface area (Å²) in [5.74, 6) is 0.104. The van der Waals surface area contributed by atoms with Crippen molar-refractivity contribution < 1.29 is 13.2 Å². The Morgan fingerprint density at radius 2 is 1.77 bits per heavy atom. The summed E-state index contributed by atoms with van der Waals surface area (Å²) in [4.78, 5) is 12.5. The van der Waals surface area contributed by atoms with Crippen molar-refractivity contribution in [3.8, 4) is 0 Å². The molecule has 0 radical (unpaired) electrons. The molecule has 0 aliphatic heterocycles. The number of aryl methyl sites for hydroxylation is 1. The summed E-state index contributed by atoms with van der Waals surface area (Å²) in [6.45, 7) is 6.30. The third-order valence-corrected chi connectivity index (χ3v) is 5.59. The van der Waals surface area contributed by atoms with Crippen molar-refractivity contribution in [2.75, 3.05) is 11.9 Å². The maximum absolute atomic E-state index is 12.4. The Bertz CT molecular complexity index is 878. The minimum atomic E-state index is -3.57. The van der Waals surface area contributed by atoms with Crippen LogP contribution < -0.4 is 10.0 Å². The quantitative estimate of drug-likeness (QED) is 0.738. The van der Waals surface area contributed by atoms with Gasteiger partial charge in [-0.15, -0.1) is 0 Å². The molecule has 7 heteroatoms. The molecule has 2 rings (SSSR count). The third-order valence-electron chi connectivity index (χ3n) is 3.88. The second kappa shape index (κ2) is 8.66. The fourth-order valence-corrected chi connectivity index (χ4v) is 3.59. The molecule has 0 unspecified atom stereocenters. The number of nitrogens with one attached hydrogen (secondary N) is 2. The minimum absolute atomic E-state index is 0.139. The Morgan fingerprint density at radius 1 is 1.12 bits per heavy atom. The average molecular weight is 395 g/mol. The highest BCUT2D eigenvalue weighted by atomic mass is 35.5.